The monoisotopic (exact) mass is 398 g/mol. The van der Waals surface area contributed by atoms with Crippen molar-refractivity contribution in [2.45, 2.75) is 44.2 Å². The zero-order chi connectivity index (χ0) is 20.8. The number of amides is 4. The van der Waals surface area contributed by atoms with Gasteiger partial charge in [0.25, 0.3) is 5.91 Å². The van der Waals surface area contributed by atoms with Crippen LogP contribution in [0.4, 0.5) is 4.79 Å². The van der Waals surface area contributed by atoms with E-state index in [1.54, 1.807) is 13.8 Å². The molecule has 3 fully saturated rings. The Morgan fingerprint density at radius 3 is 2.55 bits per heavy atom. The second kappa shape index (κ2) is 7.44. The van der Waals surface area contributed by atoms with E-state index in [0.29, 0.717) is 17.9 Å². The highest BCUT2D eigenvalue weighted by molar-refractivity contribution is 6.06. The molecule has 3 heterocycles. The Balaban J connectivity index is 1.39. The van der Waals surface area contributed by atoms with Gasteiger partial charge in [-0.15, -0.1) is 0 Å². The van der Waals surface area contributed by atoms with Gasteiger partial charge in [-0.1, -0.05) is 30.3 Å². The van der Waals surface area contributed by atoms with E-state index in [9.17, 15) is 14.4 Å². The number of carbonyl (C=O) groups is 3. The molecule has 29 heavy (non-hydrogen) atoms. The molecular formula is C22H30N4O3. The molecule has 4 amide bonds. The van der Waals surface area contributed by atoms with Crippen LogP contribution in [0.25, 0.3) is 0 Å². The Hall–Kier alpha value is -2.41. The van der Waals surface area contributed by atoms with E-state index in [-0.39, 0.29) is 24.8 Å². The molecule has 0 saturated carbocycles. The predicted molar refractivity (Wildman–Crippen MR) is 109 cm³/mol. The summed E-state index contributed by atoms with van der Waals surface area (Å²) >= 11 is 0. The summed E-state index contributed by atoms with van der Waals surface area (Å²) in [5, 5.41) is 2.66. The van der Waals surface area contributed by atoms with E-state index in [4.69, 9.17) is 0 Å². The fourth-order valence-electron chi connectivity index (χ4n) is 5.16. The summed E-state index contributed by atoms with van der Waals surface area (Å²) in [5.74, 6) is 0.593. The van der Waals surface area contributed by atoms with Crippen LogP contribution < -0.4 is 5.32 Å². The number of rotatable bonds is 4. The van der Waals surface area contributed by atoms with E-state index >= 15 is 0 Å². The maximum Gasteiger partial charge on any atom is 0.325 e. The standard InChI is InChI=1S/C22H30N4O3/c1-22(2)20(28)26(21(29)23-22)12-10-19(27)25-11-9-18-17(14-25)16(13-24(18)3)15-7-5-4-6-8-15/h4-8,16-18H,9-14H2,1-3H3,(H,23,29)/t16-,17-,18-/m1/s1. The van der Waals surface area contributed by atoms with Crippen LogP contribution in [0.1, 0.15) is 38.2 Å². The Morgan fingerprint density at radius 2 is 1.90 bits per heavy atom. The third-order valence-corrected chi connectivity index (χ3v) is 6.76. The van der Waals surface area contributed by atoms with Crippen molar-refractivity contribution in [2.75, 3.05) is 33.2 Å². The van der Waals surface area contributed by atoms with Gasteiger partial charge in [0.15, 0.2) is 0 Å². The van der Waals surface area contributed by atoms with E-state index in [1.807, 2.05) is 11.0 Å². The summed E-state index contributed by atoms with van der Waals surface area (Å²) in [6, 6.07) is 10.6. The van der Waals surface area contributed by atoms with Gasteiger partial charge in [0.1, 0.15) is 5.54 Å². The van der Waals surface area contributed by atoms with Crippen LogP contribution in [0.15, 0.2) is 30.3 Å². The second-order valence-electron chi connectivity index (χ2n) is 9.08. The lowest BCUT2D eigenvalue weighted by Gasteiger charge is -2.38. The Labute approximate surface area is 172 Å². The molecule has 0 spiro atoms. The average Bonchev–Trinajstić information content (AvgIpc) is 3.13. The van der Waals surface area contributed by atoms with Gasteiger partial charge in [0.05, 0.1) is 0 Å². The molecule has 3 atom stereocenters. The third kappa shape index (κ3) is 3.64. The first-order chi connectivity index (χ1) is 13.8. The molecule has 0 radical (unpaired) electrons. The number of hydrogen-bond donors (Lipinski definition) is 1. The summed E-state index contributed by atoms with van der Waals surface area (Å²) in [6.45, 7) is 5.98. The van der Waals surface area contributed by atoms with Gasteiger partial charge in [-0.2, -0.15) is 0 Å². The predicted octanol–water partition coefficient (Wildman–Crippen LogP) is 1.65. The molecule has 1 aromatic carbocycles. The topological polar surface area (TPSA) is 73.0 Å². The summed E-state index contributed by atoms with van der Waals surface area (Å²) < 4.78 is 0. The maximum absolute atomic E-state index is 12.9. The lowest BCUT2D eigenvalue weighted by molar-refractivity contribution is -0.135. The molecule has 0 bridgehead atoms. The maximum atomic E-state index is 12.9. The fraction of sp³-hybridized carbons (Fsp3) is 0.591. The first kappa shape index (κ1) is 19.9. The van der Waals surface area contributed by atoms with Gasteiger partial charge in [-0.05, 0) is 32.9 Å². The molecule has 0 unspecified atom stereocenters. The van der Waals surface area contributed by atoms with Crippen molar-refractivity contribution >= 4 is 17.8 Å². The molecule has 3 aliphatic heterocycles. The molecule has 7 heteroatoms. The Bertz CT molecular complexity index is 810. The normalized spacial score (nSPS) is 29.1. The molecule has 0 aliphatic carbocycles. The average molecular weight is 399 g/mol. The van der Waals surface area contributed by atoms with Gasteiger partial charge in [-0.25, -0.2) is 4.79 Å². The van der Waals surface area contributed by atoms with E-state index < -0.39 is 11.6 Å². The van der Waals surface area contributed by atoms with Crippen molar-refractivity contribution in [3.05, 3.63) is 35.9 Å². The van der Waals surface area contributed by atoms with Crippen molar-refractivity contribution in [1.29, 1.82) is 0 Å². The molecule has 1 aromatic rings. The summed E-state index contributed by atoms with van der Waals surface area (Å²) in [7, 11) is 2.18. The van der Waals surface area contributed by atoms with Crippen molar-refractivity contribution in [2.24, 2.45) is 5.92 Å². The van der Waals surface area contributed by atoms with Crippen molar-refractivity contribution in [3.8, 4) is 0 Å². The molecule has 7 nitrogen and oxygen atoms in total. The summed E-state index contributed by atoms with van der Waals surface area (Å²) in [4.78, 5) is 42.8. The van der Waals surface area contributed by atoms with Crippen molar-refractivity contribution in [1.82, 2.24) is 20.0 Å². The van der Waals surface area contributed by atoms with Crippen LogP contribution in [0.2, 0.25) is 0 Å². The van der Waals surface area contributed by atoms with Gasteiger partial charge in [0.2, 0.25) is 5.91 Å². The SMILES string of the molecule is CN1C[C@H](c2ccccc2)[C@H]2CN(C(=O)CCN3C(=O)NC(C)(C)C3=O)CC[C@H]21. The number of piperidine rings is 1. The van der Waals surface area contributed by atoms with E-state index in [1.165, 1.54) is 10.5 Å². The number of carbonyl (C=O) groups excluding carboxylic acids is 3. The minimum absolute atomic E-state index is 0.0233. The molecule has 4 rings (SSSR count). The molecule has 3 saturated heterocycles. The third-order valence-electron chi connectivity index (χ3n) is 6.76. The summed E-state index contributed by atoms with van der Waals surface area (Å²) in [5.41, 5.74) is 0.443. The quantitative estimate of drug-likeness (QED) is 0.783. The zero-order valence-electron chi connectivity index (χ0n) is 17.4. The smallest absolute Gasteiger partial charge is 0.325 e. The highest BCUT2D eigenvalue weighted by Gasteiger charge is 2.46. The fourth-order valence-corrected chi connectivity index (χ4v) is 5.16. The highest BCUT2D eigenvalue weighted by Crippen LogP contribution is 2.40. The number of nitrogens with zero attached hydrogens (tertiary/aromatic N) is 3. The molecule has 3 aliphatic rings. The first-order valence-corrected chi connectivity index (χ1v) is 10.4. The zero-order valence-corrected chi connectivity index (χ0v) is 17.4. The van der Waals surface area contributed by atoms with Crippen LogP contribution in [0.3, 0.4) is 0 Å². The number of benzene rings is 1. The summed E-state index contributed by atoms with van der Waals surface area (Å²) in [6.07, 6.45) is 1.14. The van der Waals surface area contributed by atoms with Crippen LogP contribution >= 0.6 is 0 Å². The van der Waals surface area contributed by atoms with Gasteiger partial charge < -0.3 is 15.1 Å². The van der Waals surface area contributed by atoms with Crippen LogP contribution in [-0.4, -0.2) is 77.4 Å². The number of nitrogens with one attached hydrogen (secondary N) is 1. The van der Waals surface area contributed by atoms with Gasteiger partial charge in [0, 0.05) is 50.5 Å². The van der Waals surface area contributed by atoms with Crippen LogP contribution in [-0.2, 0) is 9.59 Å². The number of fused-ring (bicyclic) bond motifs is 1. The van der Waals surface area contributed by atoms with Crippen molar-refractivity contribution in [3.63, 3.8) is 0 Å². The lowest BCUT2D eigenvalue weighted by Crippen LogP contribution is -2.48. The van der Waals surface area contributed by atoms with E-state index in [2.05, 4.69) is 41.5 Å². The number of likely N-dealkylation sites (tertiary alicyclic amines) is 2. The lowest BCUT2D eigenvalue weighted by atomic mass is 9.82. The highest BCUT2D eigenvalue weighted by atomic mass is 16.2. The molecule has 156 valence electrons. The second-order valence-corrected chi connectivity index (χ2v) is 9.08. The van der Waals surface area contributed by atoms with E-state index in [0.717, 1.165) is 26.1 Å². The van der Waals surface area contributed by atoms with Gasteiger partial charge >= 0.3 is 6.03 Å². The Morgan fingerprint density at radius 1 is 1.17 bits per heavy atom. The number of imide groups is 1. The minimum Gasteiger partial charge on any atom is -0.342 e. The van der Waals surface area contributed by atoms with Crippen LogP contribution in [0, 0.1) is 5.92 Å². The van der Waals surface area contributed by atoms with Gasteiger partial charge in [-0.3, -0.25) is 14.5 Å². The van der Waals surface area contributed by atoms with Crippen LogP contribution in [0.5, 0.6) is 0 Å². The minimum atomic E-state index is -0.893. The number of hydrogen-bond acceptors (Lipinski definition) is 4. The largest absolute Gasteiger partial charge is 0.342 e. The van der Waals surface area contributed by atoms with Crippen molar-refractivity contribution < 1.29 is 14.4 Å². The molecule has 1 N–H and O–H groups in total. The molecular weight excluding hydrogens is 368 g/mol. The number of likely N-dealkylation sites (N-methyl/N-ethyl adjacent to an activating group) is 1. The Kier molecular flexibility index (Phi) is 5.11. The first-order valence-electron chi connectivity index (χ1n) is 10.4. The molecule has 0 aromatic heterocycles. The number of urea groups is 1.